The molecular formula is C17H24N2O2. The number of carbonyl (C=O) groups is 1. The number of rotatable bonds is 3. The fraction of sp³-hybridized carbons (Fsp3) is 0.647. The zero-order valence-corrected chi connectivity index (χ0v) is 12.8. The van der Waals surface area contributed by atoms with E-state index in [0.717, 1.165) is 31.5 Å². The molecule has 1 aliphatic carbocycles. The van der Waals surface area contributed by atoms with Gasteiger partial charge in [0.15, 0.2) is 0 Å². The molecule has 1 aromatic rings. The fourth-order valence-corrected chi connectivity index (χ4v) is 4.10. The van der Waals surface area contributed by atoms with E-state index < -0.39 is 0 Å². The number of pyridine rings is 1. The number of ether oxygens (including phenoxy) is 1. The van der Waals surface area contributed by atoms with Crippen LogP contribution in [0.15, 0.2) is 24.5 Å². The summed E-state index contributed by atoms with van der Waals surface area (Å²) >= 11 is 0. The van der Waals surface area contributed by atoms with Crippen molar-refractivity contribution in [1.82, 2.24) is 9.88 Å². The summed E-state index contributed by atoms with van der Waals surface area (Å²) < 4.78 is 5.70. The van der Waals surface area contributed by atoms with Gasteiger partial charge in [-0.05, 0) is 43.4 Å². The molecule has 1 spiro atoms. The van der Waals surface area contributed by atoms with Crippen molar-refractivity contribution in [3.8, 4) is 0 Å². The Morgan fingerprint density at radius 3 is 2.90 bits per heavy atom. The number of hydrogen-bond acceptors (Lipinski definition) is 3. The standard InChI is InChI=1S/C17H24N2O2/c1-21-15-4-2-7-17(15)8-3-11-19(13-17)16(20)12-14-5-9-18-10-6-14/h5-6,9-10,15H,2-4,7-8,11-13H2,1H3/t15-,17+/m1/s1. The topological polar surface area (TPSA) is 42.4 Å². The summed E-state index contributed by atoms with van der Waals surface area (Å²) in [6.07, 6.45) is 10.2. The maximum atomic E-state index is 12.6. The molecule has 114 valence electrons. The molecule has 2 atom stereocenters. The second kappa shape index (κ2) is 6.14. The van der Waals surface area contributed by atoms with Gasteiger partial charge in [0.2, 0.25) is 5.91 Å². The van der Waals surface area contributed by atoms with Crippen molar-refractivity contribution in [3.63, 3.8) is 0 Å². The highest BCUT2D eigenvalue weighted by molar-refractivity contribution is 5.78. The van der Waals surface area contributed by atoms with E-state index in [0.29, 0.717) is 12.5 Å². The van der Waals surface area contributed by atoms with Crippen molar-refractivity contribution in [3.05, 3.63) is 30.1 Å². The molecule has 3 rings (SSSR count). The average Bonchev–Trinajstić information content (AvgIpc) is 2.90. The van der Waals surface area contributed by atoms with Gasteiger partial charge in [0.05, 0.1) is 12.5 Å². The number of methoxy groups -OCH3 is 1. The summed E-state index contributed by atoms with van der Waals surface area (Å²) in [5.41, 5.74) is 1.25. The van der Waals surface area contributed by atoms with E-state index >= 15 is 0 Å². The van der Waals surface area contributed by atoms with Crippen molar-refractivity contribution in [1.29, 1.82) is 0 Å². The van der Waals surface area contributed by atoms with Crippen LogP contribution in [0.4, 0.5) is 0 Å². The maximum Gasteiger partial charge on any atom is 0.227 e. The third kappa shape index (κ3) is 2.95. The van der Waals surface area contributed by atoms with Crippen molar-refractivity contribution in [2.75, 3.05) is 20.2 Å². The molecule has 4 heteroatoms. The predicted octanol–water partition coefficient (Wildman–Crippen LogP) is 2.43. The molecule has 21 heavy (non-hydrogen) atoms. The lowest BCUT2D eigenvalue weighted by atomic mass is 9.76. The molecule has 0 aromatic carbocycles. The van der Waals surface area contributed by atoms with E-state index in [2.05, 4.69) is 9.88 Å². The molecule has 1 saturated heterocycles. The van der Waals surface area contributed by atoms with Crippen LogP contribution in [-0.2, 0) is 16.0 Å². The van der Waals surface area contributed by atoms with E-state index in [1.165, 1.54) is 19.3 Å². The van der Waals surface area contributed by atoms with Crippen molar-refractivity contribution in [2.24, 2.45) is 5.41 Å². The van der Waals surface area contributed by atoms with Crippen LogP contribution in [0.1, 0.15) is 37.7 Å². The van der Waals surface area contributed by atoms with E-state index in [1.54, 1.807) is 12.4 Å². The second-order valence-electron chi connectivity index (χ2n) is 6.43. The summed E-state index contributed by atoms with van der Waals surface area (Å²) in [6.45, 7) is 1.76. The first-order valence-electron chi connectivity index (χ1n) is 7.93. The minimum atomic E-state index is 0.209. The summed E-state index contributed by atoms with van der Waals surface area (Å²) in [4.78, 5) is 18.6. The number of hydrogen-bond donors (Lipinski definition) is 0. The zero-order chi connectivity index (χ0) is 14.7. The molecule has 2 fully saturated rings. The molecule has 0 N–H and O–H groups in total. The van der Waals surface area contributed by atoms with E-state index in [1.807, 2.05) is 19.2 Å². The average molecular weight is 288 g/mol. The Kier molecular flexibility index (Phi) is 4.24. The van der Waals surface area contributed by atoms with Crippen LogP contribution in [0.25, 0.3) is 0 Å². The van der Waals surface area contributed by atoms with Gasteiger partial charge in [-0.25, -0.2) is 0 Å². The van der Waals surface area contributed by atoms with Crippen molar-refractivity contribution >= 4 is 5.91 Å². The third-order valence-corrected chi connectivity index (χ3v) is 5.17. The first-order valence-corrected chi connectivity index (χ1v) is 7.93. The summed E-state index contributed by atoms with van der Waals surface area (Å²) in [6, 6.07) is 3.84. The molecule has 2 aliphatic rings. The van der Waals surface area contributed by atoms with Gasteiger partial charge in [-0.3, -0.25) is 9.78 Å². The van der Waals surface area contributed by atoms with Gasteiger partial charge in [-0.2, -0.15) is 0 Å². The molecule has 1 amide bonds. The van der Waals surface area contributed by atoms with Gasteiger partial charge in [-0.15, -0.1) is 0 Å². The van der Waals surface area contributed by atoms with E-state index in [-0.39, 0.29) is 11.3 Å². The molecule has 0 radical (unpaired) electrons. The van der Waals surface area contributed by atoms with Gasteiger partial charge >= 0.3 is 0 Å². The molecule has 2 heterocycles. The minimum absolute atomic E-state index is 0.209. The Labute approximate surface area is 126 Å². The van der Waals surface area contributed by atoms with Crippen molar-refractivity contribution in [2.45, 2.75) is 44.6 Å². The Bertz CT molecular complexity index is 491. The Hall–Kier alpha value is -1.42. The van der Waals surface area contributed by atoms with Crippen molar-refractivity contribution < 1.29 is 9.53 Å². The lowest BCUT2D eigenvalue weighted by molar-refractivity contribution is -0.136. The van der Waals surface area contributed by atoms with E-state index in [9.17, 15) is 4.79 Å². The Balaban J connectivity index is 1.67. The Morgan fingerprint density at radius 1 is 1.38 bits per heavy atom. The molecular weight excluding hydrogens is 264 g/mol. The zero-order valence-electron chi connectivity index (χ0n) is 12.8. The lowest BCUT2D eigenvalue weighted by Crippen LogP contribution is -2.50. The number of amides is 1. The molecule has 1 saturated carbocycles. The quantitative estimate of drug-likeness (QED) is 0.858. The Morgan fingerprint density at radius 2 is 2.14 bits per heavy atom. The highest BCUT2D eigenvalue weighted by Crippen LogP contribution is 2.46. The number of piperidine rings is 1. The van der Waals surface area contributed by atoms with Gasteiger partial charge in [0.25, 0.3) is 0 Å². The maximum absolute atomic E-state index is 12.6. The summed E-state index contributed by atoms with van der Waals surface area (Å²) in [5.74, 6) is 0.238. The number of nitrogens with zero attached hydrogens (tertiary/aromatic N) is 2. The third-order valence-electron chi connectivity index (χ3n) is 5.17. The highest BCUT2D eigenvalue weighted by atomic mass is 16.5. The van der Waals surface area contributed by atoms with Crippen LogP contribution < -0.4 is 0 Å². The number of likely N-dealkylation sites (tertiary alicyclic amines) is 1. The SMILES string of the molecule is CO[C@@H]1CCC[C@@]12CCCN(C(=O)Cc1ccncc1)C2. The van der Waals surface area contributed by atoms with Crippen LogP contribution in [-0.4, -0.2) is 42.1 Å². The van der Waals surface area contributed by atoms with Crippen LogP contribution in [0.5, 0.6) is 0 Å². The highest BCUT2D eigenvalue weighted by Gasteiger charge is 2.46. The molecule has 4 nitrogen and oxygen atoms in total. The van der Waals surface area contributed by atoms with Gasteiger partial charge in [0, 0.05) is 38.0 Å². The van der Waals surface area contributed by atoms with Gasteiger partial charge in [-0.1, -0.05) is 6.42 Å². The largest absolute Gasteiger partial charge is 0.381 e. The fourth-order valence-electron chi connectivity index (χ4n) is 4.10. The van der Waals surface area contributed by atoms with Crippen LogP contribution >= 0.6 is 0 Å². The van der Waals surface area contributed by atoms with Crippen LogP contribution in [0.2, 0.25) is 0 Å². The normalized spacial score (nSPS) is 29.0. The molecule has 0 unspecified atom stereocenters. The first-order chi connectivity index (χ1) is 10.2. The number of carbonyl (C=O) groups excluding carboxylic acids is 1. The predicted molar refractivity (Wildman–Crippen MR) is 80.8 cm³/mol. The monoisotopic (exact) mass is 288 g/mol. The van der Waals surface area contributed by atoms with Crippen LogP contribution in [0.3, 0.4) is 0 Å². The molecule has 0 bridgehead atoms. The molecule has 1 aliphatic heterocycles. The first kappa shape index (κ1) is 14.5. The summed E-state index contributed by atoms with van der Waals surface area (Å²) in [7, 11) is 1.81. The lowest BCUT2D eigenvalue weighted by Gasteiger charge is -2.43. The smallest absolute Gasteiger partial charge is 0.227 e. The second-order valence-corrected chi connectivity index (χ2v) is 6.43. The summed E-state index contributed by atoms with van der Waals surface area (Å²) in [5, 5.41) is 0. The van der Waals surface area contributed by atoms with Gasteiger partial charge in [0.1, 0.15) is 0 Å². The number of aromatic nitrogens is 1. The molecule has 1 aromatic heterocycles. The minimum Gasteiger partial charge on any atom is -0.381 e. The van der Waals surface area contributed by atoms with Gasteiger partial charge < -0.3 is 9.64 Å². The van der Waals surface area contributed by atoms with Crippen LogP contribution in [0, 0.1) is 5.41 Å². The van der Waals surface area contributed by atoms with E-state index in [4.69, 9.17) is 4.74 Å².